The number of carbonyl (C=O) groups is 1. The second kappa shape index (κ2) is 11.4. The smallest absolute Gasteiger partial charge is 0.258 e. The van der Waals surface area contributed by atoms with Crippen LogP contribution in [0.4, 0.5) is 4.39 Å². The zero-order valence-electron chi connectivity index (χ0n) is 21.0. The van der Waals surface area contributed by atoms with Gasteiger partial charge in [-0.25, -0.2) is 4.39 Å². The number of benzene rings is 3. The Kier molecular flexibility index (Phi) is 8.03. The Labute approximate surface area is 210 Å². The number of ketones is 1. The summed E-state index contributed by atoms with van der Waals surface area (Å²) in [4.78, 5) is 17.7. The Morgan fingerprint density at radius 3 is 2.47 bits per heavy atom. The first-order chi connectivity index (χ1) is 17.4. The number of rotatable bonds is 10. The van der Waals surface area contributed by atoms with Crippen molar-refractivity contribution in [1.82, 2.24) is 15.0 Å². The van der Waals surface area contributed by atoms with Crippen LogP contribution in [0.2, 0.25) is 0 Å². The van der Waals surface area contributed by atoms with Gasteiger partial charge in [-0.1, -0.05) is 42.4 Å². The predicted octanol–water partition coefficient (Wildman–Crippen LogP) is 5.94. The summed E-state index contributed by atoms with van der Waals surface area (Å²) in [6.45, 7) is 4.64. The number of carbonyl (C=O) groups excluding carboxylic acids is 1. The van der Waals surface area contributed by atoms with Crippen molar-refractivity contribution in [1.29, 1.82) is 0 Å². The van der Waals surface area contributed by atoms with E-state index in [0.717, 1.165) is 23.1 Å². The molecule has 0 amide bonds. The van der Waals surface area contributed by atoms with Crippen molar-refractivity contribution in [3.63, 3.8) is 0 Å². The normalized spacial score (nSPS) is 11.3. The first-order valence-corrected chi connectivity index (χ1v) is 11.9. The summed E-state index contributed by atoms with van der Waals surface area (Å²) in [5.41, 5.74) is 6.46. The number of hydrogen-bond acceptors (Lipinski definition) is 6. The number of Topliss-reactive ketones (excluding diaryl/α,β-unsaturated/α-hetero) is 1. The van der Waals surface area contributed by atoms with Crippen molar-refractivity contribution in [3.05, 3.63) is 83.2 Å². The van der Waals surface area contributed by atoms with Gasteiger partial charge in [0.05, 0.1) is 13.2 Å². The molecule has 0 radical (unpaired) electrons. The molecule has 0 atom stereocenters. The molecule has 6 nitrogen and oxygen atoms in total. The lowest BCUT2D eigenvalue weighted by Gasteiger charge is -2.15. The minimum absolute atomic E-state index is 0.0221. The van der Waals surface area contributed by atoms with E-state index in [-0.39, 0.29) is 18.1 Å². The number of methoxy groups -OCH3 is 1. The second-order valence-electron chi connectivity index (χ2n) is 8.92. The molecular weight excluding hydrogens is 457 g/mol. The van der Waals surface area contributed by atoms with E-state index in [1.165, 1.54) is 24.1 Å². The van der Waals surface area contributed by atoms with Gasteiger partial charge in [0, 0.05) is 30.3 Å². The van der Waals surface area contributed by atoms with Crippen LogP contribution in [-0.2, 0) is 29.1 Å². The van der Waals surface area contributed by atoms with Gasteiger partial charge in [-0.2, -0.15) is 4.98 Å². The Hall–Kier alpha value is -3.68. The van der Waals surface area contributed by atoms with Crippen LogP contribution in [0.3, 0.4) is 0 Å². The summed E-state index contributed by atoms with van der Waals surface area (Å²) < 4.78 is 25.5. The Morgan fingerprint density at radius 1 is 1.00 bits per heavy atom. The first-order valence-electron chi connectivity index (χ1n) is 11.9. The Balaban J connectivity index is 1.64. The van der Waals surface area contributed by atoms with Gasteiger partial charge >= 0.3 is 0 Å². The van der Waals surface area contributed by atoms with Gasteiger partial charge in [-0.3, -0.25) is 9.69 Å². The van der Waals surface area contributed by atoms with Gasteiger partial charge in [0.15, 0.2) is 0 Å². The number of aromatic nitrogens is 2. The highest BCUT2D eigenvalue weighted by Gasteiger charge is 2.16. The highest BCUT2D eigenvalue weighted by molar-refractivity contribution is 5.77. The first kappa shape index (κ1) is 25.4. The third-order valence-electron chi connectivity index (χ3n) is 6.00. The van der Waals surface area contributed by atoms with Crippen molar-refractivity contribution in [2.24, 2.45) is 0 Å². The van der Waals surface area contributed by atoms with Gasteiger partial charge in [0.1, 0.15) is 11.6 Å². The van der Waals surface area contributed by atoms with Crippen LogP contribution in [0.1, 0.15) is 30.5 Å². The third kappa shape index (κ3) is 5.75. The number of halogens is 1. The SMILES string of the molecule is CCc1ccccc1-c1ccc(-c2nc(-c3ccc(F)c(CN(C)CC(C)=O)c3)no2)cc1COC. The molecule has 0 N–H and O–H groups in total. The van der Waals surface area contributed by atoms with Crippen LogP contribution >= 0.6 is 0 Å². The number of nitrogens with zero attached hydrogens (tertiary/aromatic N) is 3. The van der Waals surface area contributed by atoms with Crippen molar-refractivity contribution < 1.29 is 18.4 Å². The van der Waals surface area contributed by atoms with Crippen molar-refractivity contribution in [3.8, 4) is 34.0 Å². The van der Waals surface area contributed by atoms with Crippen LogP contribution in [0.15, 0.2) is 65.2 Å². The van der Waals surface area contributed by atoms with E-state index in [9.17, 15) is 9.18 Å². The molecule has 1 heterocycles. The van der Waals surface area contributed by atoms with Crippen molar-refractivity contribution >= 4 is 5.78 Å². The number of aryl methyl sites for hydroxylation is 1. The fourth-order valence-electron chi connectivity index (χ4n) is 4.38. The minimum atomic E-state index is -0.343. The molecule has 1 aromatic heterocycles. The van der Waals surface area contributed by atoms with E-state index in [0.29, 0.717) is 36.0 Å². The molecule has 0 spiro atoms. The van der Waals surface area contributed by atoms with Crippen LogP contribution in [-0.4, -0.2) is 41.5 Å². The summed E-state index contributed by atoms with van der Waals surface area (Å²) in [5.74, 6) is 0.422. The zero-order valence-corrected chi connectivity index (χ0v) is 21.0. The predicted molar refractivity (Wildman–Crippen MR) is 138 cm³/mol. The topological polar surface area (TPSA) is 68.5 Å². The zero-order chi connectivity index (χ0) is 25.7. The van der Waals surface area contributed by atoms with E-state index in [1.807, 2.05) is 18.2 Å². The Bertz CT molecular complexity index is 1370. The number of likely N-dealkylation sites (N-methyl/N-ethyl adjacent to an activating group) is 1. The third-order valence-corrected chi connectivity index (χ3v) is 6.00. The van der Waals surface area contributed by atoms with Gasteiger partial charge in [-0.05, 0) is 73.0 Å². The number of ether oxygens (including phenoxy) is 1. The lowest BCUT2D eigenvalue weighted by molar-refractivity contribution is -0.117. The standard InChI is InChI=1S/C29H30FN3O3/c1-5-20-8-6-7-9-25(20)26-12-10-22(15-24(26)18-35-4)29-31-28(32-36-29)21-11-13-27(30)23(14-21)17-33(3)16-19(2)34/h6-15H,5,16-18H2,1-4H3. The molecule has 7 heteroatoms. The molecule has 0 aliphatic heterocycles. The molecule has 36 heavy (non-hydrogen) atoms. The van der Waals surface area contributed by atoms with E-state index < -0.39 is 0 Å². The van der Waals surface area contributed by atoms with Crippen molar-refractivity contribution in [2.45, 2.75) is 33.4 Å². The van der Waals surface area contributed by atoms with Gasteiger partial charge in [0.2, 0.25) is 5.82 Å². The summed E-state index contributed by atoms with van der Waals surface area (Å²) >= 11 is 0. The van der Waals surface area contributed by atoms with E-state index in [4.69, 9.17) is 9.26 Å². The highest BCUT2D eigenvalue weighted by atomic mass is 19.1. The fourth-order valence-corrected chi connectivity index (χ4v) is 4.38. The average molecular weight is 488 g/mol. The van der Waals surface area contributed by atoms with Crippen LogP contribution in [0.5, 0.6) is 0 Å². The highest BCUT2D eigenvalue weighted by Crippen LogP contribution is 2.32. The summed E-state index contributed by atoms with van der Waals surface area (Å²) in [7, 11) is 3.45. The Morgan fingerprint density at radius 2 is 1.72 bits per heavy atom. The molecule has 0 aliphatic carbocycles. The largest absolute Gasteiger partial charge is 0.380 e. The molecule has 4 rings (SSSR count). The van der Waals surface area contributed by atoms with Crippen LogP contribution in [0.25, 0.3) is 34.0 Å². The lowest BCUT2D eigenvalue weighted by Crippen LogP contribution is -2.24. The molecule has 0 aliphatic rings. The minimum Gasteiger partial charge on any atom is -0.380 e. The lowest BCUT2D eigenvalue weighted by atomic mass is 9.93. The van der Waals surface area contributed by atoms with E-state index in [2.05, 4.69) is 41.3 Å². The van der Waals surface area contributed by atoms with E-state index in [1.54, 1.807) is 31.2 Å². The summed E-state index contributed by atoms with van der Waals surface area (Å²) in [5, 5.41) is 4.14. The molecule has 0 saturated carbocycles. The second-order valence-corrected chi connectivity index (χ2v) is 8.92. The molecule has 4 aromatic rings. The maximum Gasteiger partial charge on any atom is 0.258 e. The quantitative estimate of drug-likeness (QED) is 0.276. The molecule has 0 saturated heterocycles. The van der Waals surface area contributed by atoms with Gasteiger partial charge in [0.25, 0.3) is 5.89 Å². The number of hydrogen-bond donors (Lipinski definition) is 0. The van der Waals surface area contributed by atoms with E-state index >= 15 is 0 Å². The average Bonchev–Trinajstić information content (AvgIpc) is 3.35. The van der Waals surface area contributed by atoms with Gasteiger partial charge < -0.3 is 9.26 Å². The summed E-state index contributed by atoms with van der Waals surface area (Å²) in [6.07, 6.45) is 0.932. The maximum atomic E-state index is 14.4. The van der Waals surface area contributed by atoms with Crippen LogP contribution in [0, 0.1) is 5.82 Å². The molecule has 0 fully saturated rings. The van der Waals surface area contributed by atoms with Gasteiger partial charge in [-0.15, -0.1) is 0 Å². The monoisotopic (exact) mass is 487 g/mol. The van der Waals surface area contributed by atoms with Crippen molar-refractivity contribution in [2.75, 3.05) is 20.7 Å². The molecular formula is C29H30FN3O3. The maximum absolute atomic E-state index is 14.4. The molecule has 0 unspecified atom stereocenters. The molecule has 0 bridgehead atoms. The molecule has 3 aromatic carbocycles. The molecule has 186 valence electrons. The summed E-state index contributed by atoms with van der Waals surface area (Å²) in [6, 6.07) is 19.1. The fraction of sp³-hybridized carbons (Fsp3) is 0.276. The van der Waals surface area contributed by atoms with Crippen LogP contribution < -0.4 is 0 Å².